The van der Waals surface area contributed by atoms with E-state index in [4.69, 9.17) is 9.79 Å². The topological polar surface area (TPSA) is 95.3 Å². The van der Waals surface area contributed by atoms with Crippen LogP contribution in [0.5, 0.6) is 0 Å². The lowest BCUT2D eigenvalue weighted by Gasteiger charge is -2.14. The van der Waals surface area contributed by atoms with Crippen molar-refractivity contribution in [2.24, 2.45) is 0 Å². The van der Waals surface area contributed by atoms with Crippen LogP contribution in [0.15, 0.2) is 0 Å². The molecule has 90 valence electrons. The maximum Gasteiger partial charge on any atom is 0.429 e. The molecule has 0 aliphatic heterocycles. The smallest absolute Gasteiger partial charge is 0.308 e. The molecule has 1 rings (SSSR count). The molecule has 16 heavy (non-hydrogen) atoms. The summed E-state index contributed by atoms with van der Waals surface area (Å²) in [4.78, 5) is 25.6. The lowest BCUT2D eigenvalue weighted by molar-refractivity contribution is 0.380. The van der Waals surface area contributed by atoms with Gasteiger partial charge >= 0.3 is 7.75 Å². The van der Waals surface area contributed by atoms with Crippen LogP contribution in [0.2, 0.25) is 0 Å². The third-order valence-corrected chi connectivity index (χ3v) is 2.64. The highest BCUT2D eigenvalue weighted by atomic mass is 31.2. The maximum atomic E-state index is 10.7. The van der Waals surface area contributed by atoms with E-state index in [1.807, 2.05) is 18.9 Å². The molecule has 0 saturated heterocycles. The lowest BCUT2D eigenvalue weighted by atomic mass is 10.0. The third kappa shape index (κ3) is 3.27. The van der Waals surface area contributed by atoms with Crippen LogP contribution >= 0.6 is 7.75 Å². The van der Waals surface area contributed by atoms with Gasteiger partial charge < -0.3 is 9.79 Å². The van der Waals surface area contributed by atoms with Crippen LogP contribution in [0.25, 0.3) is 0 Å². The summed E-state index contributed by atoms with van der Waals surface area (Å²) in [5.74, 6) is 0.247. The van der Waals surface area contributed by atoms with Gasteiger partial charge in [0, 0.05) is 11.4 Å². The summed E-state index contributed by atoms with van der Waals surface area (Å²) in [5.41, 5.74) is 2.48. The minimum atomic E-state index is -4.34. The fourth-order valence-corrected chi connectivity index (χ4v) is 2.10. The van der Waals surface area contributed by atoms with Crippen LogP contribution in [-0.2, 0) is 4.57 Å². The van der Waals surface area contributed by atoms with Gasteiger partial charge in [0.1, 0.15) is 0 Å². The molecule has 0 aliphatic carbocycles. The Labute approximate surface area is 94.4 Å². The molecule has 0 bridgehead atoms. The molecule has 6 nitrogen and oxygen atoms in total. The molecule has 0 aliphatic rings. The van der Waals surface area contributed by atoms with Gasteiger partial charge in [0.15, 0.2) is 0 Å². The molecule has 1 heterocycles. The zero-order chi connectivity index (χ0) is 12.5. The first-order valence-electron chi connectivity index (χ1n) is 4.89. The van der Waals surface area contributed by atoms with Crippen molar-refractivity contribution >= 4 is 13.7 Å². The Morgan fingerprint density at radius 3 is 1.94 bits per heavy atom. The monoisotopic (exact) mass is 245 g/mol. The summed E-state index contributed by atoms with van der Waals surface area (Å²) < 4.78 is 10.7. The van der Waals surface area contributed by atoms with Crippen molar-refractivity contribution in [3.63, 3.8) is 0 Å². The molecule has 7 heteroatoms. The first-order valence-corrected chi connectivity index (χ1v) is 6.51. The Morgan fingerprint density at radius 1 is 1.19 bits per heavy atom. The van der Waals surface area contributed by atoms with Gasteiger partial charge in [-0.3, -0.25) is 5.09 Å². The van der Waals surface area contributed by atoms with Gasteiger partial charge in [-0.2, -0.15) is 0 Å². The molecule has 0 amide bonds. The largest absolute Gasteiger partial charge is 0.429 e. The molecule has 0 fully saturated rings. The van der Waals surface area contributed by atoms with E-state index in [1.165, 1.54) is 0 Å². The van der Waals surface area contributed by atoms with E-state index in [1.54, 1.807) is 13.8 Å². The first-order chi connectivity index (χ1) is 7.20. The van der Waals surface area contributed by atoms with Crippen LogP contribution in [0.3, 0.4) is 0 Å². The molecule has 0 unspecified atom stereocenters. The summed E-state index contributed by atoms with van der Waals surface area (Å²) in [6.07, 6.45) is 0. The van der Waals surface area contributed by atoms with Gasteiger partial charge in [-0.1, -0.05) is 13.8 Å². The second-order valence-electron chi connectivity index (χ2n) is 3.94. The van der Waals surface area contributed by atoms with Gasteiger partial charge in [-0.25, -0.2) is 14.5 Å². The average molecular weight is 245 g/mol. The van der Waals surface area contributed by atoms with Gasteiger partial charge in [-0.15, -0.1) is 0 Å². The fraction of sp³-hybridized carbons (Fsp3) is 0.556. The summed E-state index contributed by atoms with van der Waals surface area (Å²) in [7, 11) is -4.34. The standard InChI is InChI=1S/C9H16N3O3P/c1-5(2)8-6(3)10-9(11-7(8)4)12-16(13,14)15/h5H,1-4H3,(H3,10,11,12,13,14,15). The molecule has 0 spiro atoms. The number of rotatable bonds is 3. The zero-order valence-electron chi connectivity index (χ0n) is 9.72. The highest BCUT2D eigenvalue weighted by Gasteiger charge is 2.17. The van der Waals surface area contributed by atoms with Crippen molar-refractivity contribution in [1.29, 1.82) is 0 Å². The van der Waals surface area contributed by atoms with E-state index < -0.39 is 7.75 Å². The lowest BCUT2D eigenvalue weighted by Crippen LogP contribution is -2.07. The normalized spacial score (nSPS) is 11.9. The van der Waals surface area contributed by atoms with Gasteiger partial charge in [0.25, 0.3) is 0 Å². The van der Waals surface area contributed by atoms with Crippen molar-refractivity contribution in [2.45, 2.75) is 33.6 Å². The molecule has 0 aromatic carbocycles. The molecule has 0 radical (unpaired) electrons. The van der Waals surface area contributed by atoms with Crippen molar-refractivity contribution in [1.82, 2.24) is 9.97 Å². The maximum absolute atomic E-state index is 10.7. The molecule has 3 N–H and O–H groups in total. The van der Waals surface area contributed by atoms with Crippen LogP contribution in [0, 0.1) is 13.8 Å². The van der Waals surface area contributed by atoms with E-state index in [2.05, 4.69) is 9.97 Å². The quantitative estimate of drug-likeness (QED) is 0.702. The summed E-state index contributed by atoms with van der Waals surface area (Å²) in [6, 6.07) is 0. The number of nitrogens with zero attached hydrogens (tertiary/aromatic N) is 2. The summed E-state index contributed by atoms with van der Waals surface area (Å²) in [6.45, 7) is 7.65. The van der Waals surface area contributed by atoms with Crippen LogP contribution in [0.1, 0.15) is 36.7 Å². The predicted molar refractivity (Wildman–Crippen MR) is 61.3 cm³/mol. The summed E-state index contributed by atoms with van der Waals surface area (Å²) >= 11 is 0. The Bertz CT molecular complexity index is 419. The van der Waals surface area contributed by atoms with Crippen molar-refractivity contribution in [2.75, 3.05) is 5.09 Å². The van der Waals surface area contributed by atoms with Crippen molar-refractivity contribution in [3.05, 3.63) is 17.0 Å². The van der Waals surface area contributed by atoms with Gasteiger partial charge in [-0.05, 0) is 25.3 Å². The van der Waals surface area contributed by atoms with Gasteiger partial charge in [0.2, 0.25) is 5.95 Å². The minimum Gasteiger partial charge on any atom is -0.308 e. The minimum absolute atomic E-state index is 0.0345. The second-order valence-corrected chi connectivity index (χ2v) is 5.25. The van der Waals surface area contributed by atoms with Crippen molar-refractivity contribution in [3.8, 4) is 0 Å². The molecule has 0 saturated carbocycles. The highest BCUT2D eigenvalue weighted by Crippen LogP contribution is 2.34. The predicted octanol–water partition coefficient (Wildman–Crippen LogP) is 1.72. The Hall–Kier alpha value is -0.970. The summed E-state index contributed by atoms with van der Waals surface area (Å²) in [5, 5.41) is 1.97. The molecule has 1 aromatic heterocycles. The SMILES string of the molecule is Cc1nc(NP(=O)(O)O)nc(C)c1C(C)C. The molecular weight excluding hydrogens is 229 g/mol. The number of hydrogen-bond acceptors (Lipinski definition) is 3. The van der Waals surface area contributed by atoms with E-state index in [-0.39, 0.29) is 11.9 Å². The Morgan fingerprint density at radius 2 is 1.62 bits per heavy atom. The fourth-order valence-electron chi connectivity index (χ4n) is 1.74. The number of nitrogens with one attached hydrogen (secondary N) is 1. The number of hydrogen-bond donors (Lipinski definition) is 3. The zero-order valence-corrected chi connectivity index (χ0v) is 10.6. The van der Waals surface area contributed by atoms with E-state index >= 15 is 0 Å². The third-order valence-electron chi connectivity index (χ3n) is 2.15. The Kier molecular flexibility index (Phi) is 3.68. The number of anilines is 1. The Balaban J connectivity index is 3.15. The first kappa shape index (κ1) is 13.1. The van der Waals surface area contributed by atoms with Crippen LogP contribution in [0.4, 0.5) is 5.95 Å². The van der Waals surface area contributed by atoms with E-state index in [9.17, 15) is 4.57 Å². The molecule has 0 atom stereocenters. The molecular formula is C9H16N3O3P. The van der Waals surface area contributed by atoms with E-state index in [0.29, 0.717) is 0 Å². The van der Waals surface area contributed by atoms with Crippen LogP contribution < -0.4 is 5.09 Å². The average Bonchev–Trinajstić information content (AvgIpc) is 1.96. The van der Waals surface area contributed by atoms with Crippen molar-refractivity contribution < 1.29 is 14.4 Å². The number of aromatic nitrogens is 2. The number of aryl methyl sites for hydroxylation is 2. The van der Waals surface area contributed by atoms with E-state index in [0.717, 1.165) is 17.0 Å². The molecule has 1 aromatic rings. The second kappa shape index (κ2) is 4.49. The highest BCUT2D eigenvalue weighted by molar-refractivity contribution is 7.53. The van der Waals surface area contributed by atoms with Crippen LogP contribution in [-0.4, -0.2) is 19.8 Å². The van der Waals surface area contributed by atoms with Gasteiger partial charge in [0.05, 0.1) is 0 Å².